The molecule has 0 heterocycles. The van der Waals surface area contributed by atoms with Crippen molar-refractivity contribution in [2.24, 2.45) is 11.7 Å². The zero-order valence-electron chi connectivity index (χ0n) is 12.3. The standard InChI is InChI=1S/C17H26N2O/c1-2-7-16(13-8-4-3-5-9-13)19-17(20)14-10-6-11-15(18)12-14/h3-5,8-9,14-16H,2,6-7,10-12,18H2,1H3,(H,19,20). The van der Waals surface area contributed by atoms with Gasteiger partial charge in [0.2, 0.25) is 5.91 Å². The molecule has 0 spiro atoms. The number of benzene rings is 1. The molecule has 110 valence electrons. The molecule has 0 aromatic heterocycles. The van der Waals surface area contributed by atoms with E-state index in [4.69, 9.17) is 5.73 Å². The SMILES string of the molecule is CCCC(NC(=O)C1CCCC(N)C1)c1ccccc1. The molecule has 1 amide bonds. The Labute approximate surface area is 121 Å². The molecule has 3 N–H and O–H groups in total. The maximum Gasteiger partial charge on any atom is 0.223 e. The predicted octanol–water partition coefficient (Wildman–Crippen LogP) is 3.16. The van der Waals surface area contributed by atoms with Gasteiger partial charge in [-0.05, 0) is 31.2 Å². The second kappa shape index (κ2) is 7.44. The maximum atomic E-state index is 12.4. The normalized spacial score (nSPS) is 24.1. The number of carbonyl (C=O) groups is 1. The summed E-state index contributed by atoms with van der Waals surface area (Å²) in [5, 5.41) is 3.23. The first kappa shape index (κ1) is 15.0. The molecular weight excluding hydrogens is 248 g/mol. The highest BCUT2D eigenvalue weighted by molar-refractivity contribution is 5.79. The van der Waals surface area contributed by atoms with Gasteiger partial charge in [0.05, 0.1) is 6.04 Å². The van der Waals surface area contributed by atoms with Crippen molar-refractivity contribution in [3.63, 3.8) is 0 Å². The van der Waals surface area contributed by atoms with Crippen LogP contribution in [0.2, 0.25) is 0 Å². The third kappa shape index (κ3) is 4.07. The minimum atomic E-state index is 0.0989. The van der Waals surface area contributed by atoms with Gasteiger partial charge in [-0.1, -0.05) is 50.1 Å². The number of amides is 1. The third-order valence-corrected chi connectivity index (χ3v) is 4.18. The van der Waals surface area contributed by atoms with Crippen molar-refractivity contribution in [3.8, 4) is 0 Å². The van der Waals surface area contributed by atoms with Crippen LogP contribution in [0.15, 0.2) is 30.3 Å². The third-order valence-electron chi connectivity index (χ3n) is 4.18. The summed E-state index contributed by atoms with van der Waals surface area (Å²) in [6.45, 7) is 2.15. The number of hydrogen-bond donors (Lipinski definition) is 2. The summed E-state index contributed by atoms with van der Waals surface area (Å²) in [6.07, 6.45) is 5.98. The molecule has 0 bridgehead atoms. The zero-order valence-corrected chi connectivity index (χ0v) is 12.3. The van der Waals surface area contributed by atoms with Crippen LogP contribution >= 0.6 is 0 Å². The van der Waals surface area contributed by atoms with E-state index in [0.717, 1.165) is 38.5 Å². The van der Waals surface area contributed by atoms with E-state index in [1.54, 1.807) is 0 Å². The number of carbonyl (C=O) groups excluding carboxylic acids is 1. The van der Waals surface area contributed by atoms with Crippen LogP contribution < -0.4 is 11.1 Å². The van der Waals surface area contributed by atoms with Gasteiger partial charge in [0.15, 0.2) is 0 Å². The van der Waals surface area contributed by atoms with Gasteiger partial charge < -0.3 is 11.1 Å². The van der Waals surface area contributed by atoms with Crippen LogP contribution in [0.3, 0.4) is 0 Å². The number of rotatable bonds is 5. The fraction of sp³-hybridized carbons (Fsp3) is 0.588. The lowest BCUT2D eigenvalue weighted by Crippen LogP contribution is -2.39. The van der Waals surface area contributed by atoms with Gasteiger partial charge in [0.1, 0.15) is 0 Å². The van der Waals surface area contributed by atoms with E-state index in [9.17, 15) is 4.79 Å². The first-order valence-corrected chi connectivity index (χ1v) is 7.81. The highest BCUT2D eigenvalue weighted by Gasteiger charge is 2.26. The lowest BCUT2D eigenvalue weighted by atomic mass is 9.85. The van der Waals surface area contributed by atoms with Crippen LogP contribution in [0.1, 0.15) is 57.1 Å². The van der Waals surface area contributed by atoms with E-state index in [2.05, 4.69) is 24.4 Å². The summed E-state index contributed by atoms with van der Waals surface area (Å²) in [5.41, 5.74) is 7.18. The van der Waals surface area contributed by atoms with Crippen LogP contribution in [0, 0.1) is 5.92 Å². The summed E-state index contributed by atoms with van der Waals surface area (Å²) in [5.74, 6) is 0.282. The Morgan fingerprint density at radius 1 is 1.35 bits per heavy atom. The largest absolute Gasteiger partial charge is 0.349 e. The topological polar surface area (TPSA) is 55.1 Å². The second-order valence-corrected chi connectivity index (χ2v) is 5.88. The Hall–Kier alpha value is -1.35. The summed E-state index contributed by atoms with van der Waals surface area (Å²) in [6, 6.07) is 10.6. The highest BCUT2D eigenvalue weighted by Crippen LogP contribution is 2.25. The van der Waals surface area contributed by atoms with Gasteiger partial charge in [-0.2, -0.15) is 0 Å². The van der Waals surface area contributed by atoms with Crippen molar-refractivity contribution < 1.29 is 4.79 Å². The van der Waals surface area contributed by atoms with Crippen LogP contribution in [-0.4, -0.2) is 11.9 Å². The van der Waals surface area contributed by atoms with E-state index in [1.165, 1.54) is 5.56 Å². The average Bonchev–Trinajstić information content (AvgIpc) is 2.47. The van der Waals surface area contributed by atoms with E-state index in [1.807, 2.05) is 18.2 Å². The molecule has 1 saturated carbocycles. The average molecular weight is 274 g/mol. The molecule has 1 aromatic rings. The van der Waals surface area contributed by atoms with Crippen LogP contribution in [0.4, 0.5) is 0 Å². The molecule has 0 saturated heterocycles. The van der Waals surface area contributed by atoms with Gasteiger partial charge in [-0.15, -0.1) is 0 Å². The van der Waals surface area contributed by atoms with Crippen molar-refractivity contribution in [2.75, 3.05) is 0 Å². The number of hydrogen-bond acceptors (Lipinski definition) is 2. The van der Waals surface area contributed by atoms with Gasteiger partial charge >= 0.3 is 0 Å². The molecule has 3 heteroatoms. The predicted molar refractivity (Wildman–Crippen MR) is 82.2 cm³/mol. The number of nitrogens with one attached hydrogen (secondary N) is 1. The number of nitrogens with two attached hydrogens (primary N) is 1. The molecule has 1 aliphatic rings. The van der Waals surface area contributed by atoms with E-state index >= 15 is 0 Å². The molecule has 20 heavy (non-hydrogen) atoms. The van der Waals surface area contributed by atoms with Gasteiger partial charge in [0, 0.05) is 12.0 Å². The molecule has 3 unspecified atom stereocenters. The van der Waals surface area contributed by atoms with Crippen molar-refractivity contribution in [1.82, 2.24) is 5.32 Å². The summed E-state index contributed by atoms with van der Waals surface area (Å²) < 4.78 is 0. The first-order valence-electron chi connectivity index (χ1n) is 7.81. The quantitative estimate of drug-likeness (QED) is 0.866. The maximum absolute atomic E-state index is 12.4. The van der Waals surface area contributed by atoms with Gasteiger partial charge in [-0.3, -0.25) is 4.79 Å². The molecule has 1 aromatic carbocycles. The zero-order chi connectivity index (χ0) is 14.4. The second-order valence-electron chi connectivity index (χ2n) is 5.88. The fourth-order valence-electron chi connectivity index (χ4n) is 3.05. The Morgan fingerprint density at radius 2 is 2.10 bits per heavy atom. The smallest absolute Gasteiger partial charge is 0.223 e. The van der Waals surface area contributed by atoms with Crippen molar-refractivity contribution in [2.45, 2.75) is 57.5 Å². The van der Waals surface area contributed by atoms with Crippen molar-refractivity contribution >= 4 is 5.91 Å². The van der Waals surface area contributed by atoms with Crippen LogP contribution in [0.25, 0.3) is 0 Å². The molecule has 3 nitrogen and oxygen atoms in total. The minimum absolute atomic E-state index is 0.0989. The Balaban J connectivity index is 1.99. The van der Waals surface area contributed by atoms with Crippen LogP contribution in [-0.2, 0) is 4.79 Å². The summed E-state index contributed by atoms with van der Waals surface area (Å²) >= 11 is 0. The fourth-order valence-corrected chi connectivity index (χ4v) is 3.05. The Morgan fingerprint density at radius 3 is 2.75 bits per heavy atom. The monoisotopic (exact) mass is 274 g/mol. The lowest BCUT2D eigenvalue weighted by Gasteiger charge is -2.28. The molecule has 1 fully saturated rings. The molecule has 0 aliphatic heterocycles. The van der Waals surface area contributed by atoms with Crippen molar-refractivity contribution in [1.29, 1.82) is 0 Å². The summed E-state index contributed by atoms with van der Waals surface area (Å²) in [7, 11) is 0. The lowest BCUT2D eigenvalue weighted by molar-refractivity contribution is -0.126. The first-order chi connectivity index (χ1) is 9.70. The molecule has 3 atom stereocenters. The van der Waals surface area contributed by atoms with E-state index < -0.39 is 0 Å². The minimum Gasteiger partial charge on any atom is -0.349 e. The van der Waals surface area contributed by atoms with Crippen LogP contribution in [0.5, 0.6) is 0 Å². The molecule has 2 rings (SSSR count). The molecule has 1 aliphatic carbocycles. The Bertz CT molecular complexity index is 418. The summed E-state index contributed by atoms with van der Waals surface area (Å²) in [4.78, 5) is 12.4. The van der Waals surface area contributed by atoms with Crippen molar-refractivity contribution in [3.05, 3.63) is 35.9 Å². The Kier molecular flexibility index (Phi) is 5.60. The van der Waals surface area contributed by atoms with E-state index in [-0.39, 0.29) is 23.9 Å². The van der Waals surface area contributed by atoms with Gasteiger partial charge in [0.25, 0.3) is 0 Å². The van der Waals surface area contributed by atoms with Gasteiger partial charge in [-0.25, -0.2) is 0 Å². The molecule has 0 radical (unpaired) electrons. The molecular formula is C17H26N2O. The van der Waals surface area contributed by atoms with E-state index in [0.29, 0.717) is 0 Å². The highest BCUT2D eigenvalue weighted by atomic mass is 16.1.